The first-order valence-electron chi connectivity index (χ1n) is 7.23. The number of aliphatic carboxylic acids is 1. The predicted octanol–water partition coefficient (Wildman–Crippen LogP) is 1.09. The molecule has 2 atom stereocenters. The Hall–Kier alpha value is -2.13. The highest BCUT2D eigenvalue weighted by molar-refractivity contribution is 9.10. The van der Waals surface area contributed by atoms with Gasteiger partial charge in [0, 0.05) is 24.5 Å². The third-order valence-corrected chi connectivity index (χ3v) is 4.73. The normalized spacial score (nSPS) is 22.6. The summed E-state index contributed by atoms with van der Waals surface area (Å²) >= 11 is 3.30. The van der Waals surface area contributed by atoms with Crippen molar-refractivity contribution in [2.45, 2.75) is 18.6 Å². The van der Waals surface area contributed by atoms with Crippen LogP contribution in [0.4, 0.5) is 5.69 Å². The van der Waals surface area contributed by atoms with Crippen LogP contribution >= 0.6 is 15.9 Å². The van der Waals surface area contributed by atoms with Crippen LogP contribution in [-0.4, -0.2) is 60.2 Å². The number of nitrogens with zero attached hydrogens (tertiary/aromatic N) is 1. The molecule has 0 saturated carbocycles. The summed E-state index contributed by atoms with van der Waals surface area (Å²) in [4.78, 5) is 36.9. The first-order chi connectivity index (χ1) is 11.4. The first kappa shape index (κ1) is 16.7. The Bertz CT molecular complexity index is 722. The van der Waals surface area contributed by atoms with Gasteiger partial charge in [0.25, 0.3) is 11.8 Å². The van der Waals surface area contributed by atoms with Crippen LogP contribution in [0, 0.1) is 0 Å². The molecule has 24 heavy (non-hydrogen) atoms. The molecule has 2 aliphatic rings. The molecule has 0 bridgehead atoms. The summed E-state index contributed by atoms with van der Waals surface area (Å²) in [5.74, 6) is -1.41. The number of methoxy groups -OCH3 is 1. The predicted molar refractivity (Wildman–Crippen MR) is 86.1 cm³/mol. The van der Waals surface area contributed by atoms with Crippen LogP contribution in [0.25, 0.3) is 0 Å². The maximum absolute atomic E-state index is 12.8. The smallest absolute Gasteiger partial charge is 0.326 e. The Labute approximate surface area is 145 Å². The number of likely N-dealkylation sites (tertiary alicyclic amines) is 1. The number of carboxylic acid groups (broad SMARTS) is 1. The third kappa shape index (κ3) is 2.96. The van der Waals surface area contributed by atoms with Crippen molar-refractivity contribution in [3.63, 3.8) is 0 Å². The summed E-state index contributed by atoms with van der Waals surface area (Å²) < 4.78 is 11.0. The lowest BCUT2D eigenvalue weighted by atomic mass is 10.1. The molecular formula is C15H15BrN2O6. The van der Waals surface area contributed by atoms with E-state index in [0.29, 0.717) is 15.9 Å². The standard InChI is InChI=1S/C15H15BrN2O6/c1-23-7-2-11(15(21)22)18(5-7)14(20)8-3-12-10(4-9(8)16)17-13(19)6-24-12/h3-4,7,11H,2,5-6H2,1H3,(H,17,19)(H,21,22). The highest BCUT2D eigenvalue weighted by atomic mass is 79.9. The van der Waals surface area contributed by atoms with E-state index in [1.807, 2.05) is 0 Å². The topological polar surface area (TPSA) is 105 Å². The van der Waals surface area contributed by atoms with E-state index in [1.54, 1.807) is 6.07 Å². The van der Waals surface area contributed by atoms with Gasteiger partial charge in [0.15, 0.2) is 6.61 Å². The molecule has 1 fully saturated rings. The van der Waals surface area contributed by atoms with Crippen LogP contribution in [-0.2, 0) is 14.3 Å². The number of fused-ring (bicyclic) bond motifs is 1. The van der Waals surface area contributed by atoms with Crippen molar-refractivity contribution in [1.29, 1.82) is 0 Å². The number of halogens is 1. The van der Waals surface area contributed by atoms with E-state index in [9.17, 15) is 19.5 Å². The van der Waals surface area contributed by atoms with Crippen molar-refractivity contribution < 1.29 is 29.0 Å². The molecule has 2 N–H and O–H groups in total. The average molecular weight is 399 g/mol. The molecule has 9 heteroatoms. The largest absolute Gasteiger partial charge is 0.482 e. The summed E-state index contributed by atoms with van der Waals surface area (Å²) in [5.41, 5.74) is 0.730. The monoisotopic (exact) mass is 398 g/mol. The maximum atomic E-state index is 12.8. The molecule has 1 aromatic carbocycles. The number of nitrogens with one attached hydrogen (secondary N) is 1. The molecule has 2 amide bonds. The van der Waals surface area contributed by atoms with Gasteiger partial charge in [0.2, 0.25) is 0 Å². The number of benzene rings is 1. The molecule has 1 aromatic rings. The highest BCUT2D eigenvalue weighted by Gasteiger charge is 2.40. The molecular weight excluding hydrogens is 384 g/mol. The molecule has 8 nitrogen and oxygen atoms in total. The lowest BCUT2D eigenvalue weighted by Gasteiger charge is -2.24. The number of anilines is 1. The fourth-order valence-corrected chi connectivity index (χ4v) is 3.36. The van der Waals surface area contributed by atoms with Crippen molar-refractivity contribution in [2.24, 2.45) is 0 Å². The van der Waals surface area contributed by atoms with Crippen molar-refractivity contribution >= 4 is 39.4 Å². The van der Waals surface area contributed by atoms with Crippen LogP contribution < -0.4 is 10.1 Å². The van der Waals surface area contributed by atoms with E-state index >= 15 is 0 Å². The van der Waals surface area contributed by atoms with Gasteiger partial charge >= 0.3 is 5.97 Å². The van der Waals surface area contributed by atoms with Crippen LogP contribution in [0.2, 0.25) is 0 Å². The molecule has 0 spiro atoms. The minimum absolute atomic E-state index is 0.129. The zero-order chi connectivity index (χ0) is 17.4. The maximum Gasteiger partial charge on any atom is 0.326 e. The Balaban J connectivity index is 1.92. The fourth-order valence-electron chi connectivity index (χ4n) is 2.85. The Kier molecular flexibility index (Phi) is 4.46. The Morgan fingerprint density at radius 2 is 2.21 bits per heavy atom. The fraction of sp³-hybridized carbons (Fsp3) is 0.400. The molecule has 128 valence electrons. The summed E-state index contributed by atoms with van der Waals surface area (Å²) in [6, 6.07) is 2.13. The zero-order valence-corrected chi connectivity index (χ0v) is 14.3. The second-order valence-electron chi connectivity index (χ2n) is 5.57. The second-order valence-corrected chi connectivity index (χ2v) is 6.42. The molecule has 0 radical (unpaired) electrons. The minimum Gasteiger partial charge on any atom is -0.482 e. The third-order valence-electron chi connectivity index (χ3n) is 4.07. The van der Waals surface area contributed by atoms with Gasteiger partial charge < -0.3 is 24.8 Å². The summed E-state index contributed by atoms with van der Waals surface area (Å²) in [7, 11) is 1.49. The molecule has 3 rings (SSSR count). The van der Waals surface area contributed by atoms with Gasteiger partial charge in [-0.15, -0.1) is 0 Å². The van der Waals surface area contributed by atoms with Gasteiger partial charge in [-0.05, 0) is 28.1 Å². The van der Waals surface area contributed by atoms with Crippen LogP contribution in [0.5, 0.6) is 5.75 Å². The summed E-state index contributed by atoms with van der Waals surface area (Å²) in [6.45, 7) is 0.0723. The van der Waals surface area contributed by atoms with E-state index in [2.05, 4.69) is 21.2 Å². The Morgan fingerprint density at radius 1 is 1.46 bits per heavy atom. The molecule has 1 saturated heterocycles. The SMILES string of the molecule is COC1CC(C(=O)O)N(C(=O)c2cc3c(cc2Br)NC(=O)CO3)C1. The van der Waals surface area contributed by atoms with Gasteiger partial charge in [-0.25, -0.2) is 4.79 Å². The van der Waals surface area contributed by atoms with Crippen LogP contribution in [0.3, 0.4) is 0 Å². The van der Waals surface area contributed by atoms with Crippen molar-refractivity contribution in [3.05, 3.63) is 22.2 Å². The van der Waals surface area contributed by atoms with E-state index in [4.69, 9.17) is 9.47 Å². The number of carbonyl (C=O) groups is 3. The van der Waals surface area contributed by atoms with Gasteiger partial charge in [0.1, 0.15) is 11.8 Å². The van der Waals surface area contributed by atoms with Gasteiger partial charge in [0.05, 0.1) is 17.4 Å². The highest BCUT2D eigenvalue weighted by Crippen LogP contribution is 2.35. The first-order valence-corrected chi connectivity index (χ1v) is 8.02. The summed E-state index contributed by atoms with van der Waals surface area (Å²) in [5, 5.41) is 12.0. The number of carbonyl (C=O) groups excluding carboxylic acids is 2. The van der Waals surface area contributed by atoms with Crippen molar-refractivity contribution in [2.75, 3.05) is 25.6 Å². The van der Waals surface area contributed by atoms with Gasteiger partial charge in [-0.2, -0.15) is 0 Å². The quantitative estimate of drug-likeness (QED) is 0.789. The molecule has 2 aliphatic heterocycles. The molecule has 0 aromatic heterocycles. The van der Waals surface area contributed by atoms with Crippen molar-refractivity contribution in [1.82, 2.24) is 4.90 Å². The van der Waals surface area contributed by atoms with Crippen LogP contribution in [0.1, 0.15) is 16.8 Å². The number of hydrogen-bond acceptors (Lipinski definition) is 5. The van der Waals surface area contributed by atoms with Gasteiger partial charge in [-0.3, -0.25) is 9.59 Å². The molecule has 0 aliphatic carbocycles. The average Bonchev–Trinajstić information content (AvgIpc) is 2.98. The number of amides is 2. The van der Waals surface area contributed by atoms with E-state index in [-0.39, 0.29) is 37.1 Å². The van der Waals surface area contributed by atoms with Crippen molar-refractivity contribution in [3.8, 4) is 5.75 Å². The van der Waals surface area contributed by atoms with E-state index in [1.165, 1.54) is 18.1 Å². The lowest BCUT2D eigenvalue weighted by Crippen LogP contribution is -2.40. The summed E-state index contributed by atoms with van der Waals surface area (Å²) in [6.07, 6.45) is -0.0749. The minimum atomic E-state index is -1.07. The molecule has 2 heterocycles. The zero-order valence-electron chi connectivity index (χ0n) is 12.7. The van der Waals surface area contributed by atoms with Gasteiger partial charge in [-0.1, -0.05) is 0 Å². The second kappa shape index (κ2) is 6.40. The Morgan fingerprint density at radius 3 is 2.88 bits per heavy atom. The van der Waals surface area contributed by atoms with E-state index in [0.717, 1.165) is 0 Å². The number of carboxylic acids is 1. The number of ether oxygens (including phenoxy) is 2. The van der Waals surface area contributed by atoms with Crippen LogP contribution in [0.15, 0.2) is 16.6 Å². The number of rotatable bonds is 3. The lowest BCUT2D eigenvalue weighted by molar-refractivity contribution is -0.141. The molecule has 2 unspecified atom stereocenters. The number of hydrogen-bond donors (Lipinski definition) is 2. The van der Waals surface area contributed by atoms with E-state index < -0.39 is 17.9 Å².